The smallest absolute Gasteiger partial charge is 0.240 e. The van der Waals surface area contributed by atoms with Crippen LogP contribution in [0.3, 0.4) is 0 Å². The van der Waals surface area contributed by atoms with E-state index < -0.39 is 0 Å². The summed E-state index contributed by atoms with van der Waals surface area (Å²) in [6.45, 7) is 0.958. The fourth-order valence-electron chi connectivity index (χ4n) is 3.16. The normalized spacial score (nSPS) is 15.3. The molecule has 1 aromatic carbocycles. The molecule has 0 unspecified atom stereocenters. The molecule has 1 aromatic heterocycles. The number of hydrogen-bond donors (Lipinski definition) is 2. The van der Waals surface area contributed by atoms with Crippen LogP contribution in [0.2, 0.25) is 0 Å². The van der Waals surface area contributed by atoms with Crippen molar-refractivity contribution in [3.8, 4) is 5.75 Å². The van der Waals surface area contributed by atoms with Crippen molar-refractivity contribution in [2.75, 3.05) is 37.0 Å². The van der Waals surface area contributed by atoms with Crippen LogP contribution in [0.1, 0.15) is 25.7 Å². The Balaban J connectivity index is 1.61. The van der Waals surface area contributed by atoms with Crippen molar-refractivity contribution < 1.29 is 23.9 Å². The number of carbonyl (C=O) groups excluding carboxylic acids is 3. The first kappa shape index (κ1) is 22.7. The molecule has 1 fully saturated rings. The Morgan fingerprint density at radius 3 is 2.87 bits per heavy atom. The standard InChI is InChI=1S/C21H26N4O5S/c1-29-16-5-2-4-15(12-16)25(14-19(27)23-13-17-6-3-10-30-17)20(28)8-7-18(26)24-21-22-9-11-31-21/h2,4-5,9,11-12,17H,3,6-8,10,13-14H2,1H3,(H,23,27)(H,22,24,26)/t17-/m0/s1. The molecule has 0 bridgehead atoms. The molecule has 3 rings (SSSR count). The third-order valence-electron chi connectivity index (χ3n) is 4.76. The van der Waals surface area contributed by atoms with Crippen LogP contribution in [-0.2, 0) is 19.1 Å². The predicted molar refractivity (Wildman–Crippen MR) is 117 cm³/mol. The van der Waals surface area contributed by atoms with E-state index in [9.17, 15) is 14.4 Å². The van der Waals surface area contributed by atoms with Crippen LogP contribution < -0.4 is 20.3 Å². The quantitative estimate of drug-likeness (QED) is 0.579. The first-order valence-electron chi connectivity index (χ1n) is 10.1. The van der Waals surface area contributed by atoms with Crippen LogP contribution in [0.5, 0.6) is 5.75 Å². The summed E-state index contributed by atoms with van der Waals surface area (Å²) in [6.07, 6.45) is 3.43. The molecular formula is C21H26N4O5S. The van der Waals surface area contributed by atoms with Crippen LogP contribution in [0.25, 0.3) is 0 Å². The number of rotatable bonds is 10. The van der Waals surface area contributed by atoms with E-state index in [1.165, 1.54) is 23.3 Å². The summed E-state index contributed by atoms with van der Waals surface area (Å²) in [6, 6.07) is 6.91. The van der Waals surface area contributed by atoms with Gasteiger partial charge < -0.3 is 25.0 Å². The molecule has 2 N–H and O–H groups in total. The van der Waals surface area contributed by atoms with Crippen LogP contribution in [0.4, 0.5) is 10.8 Å². The van der Waals surface area contributed by atoms with Gasteiger partial charge in [-0.25, -0.2) is 4.98 Å². The highest BCUT2D eigenvalue weighted by Gasteiger charge is 2.22. The van der Waals surface area contributed by atoms with Gasteiger partial charge in [0, 0.05) is 49.3 Å². The van der Waals surface area contributed by atoms with Gasteiger partial charge in [-0.1, -0.05) is 6.07 Å². The SMILES string of the molecule is COc1cccc(N(CC(=O)NC[C@@H]2CCCO2)C(=O)CCC(=O)Nc2nccs2)c1. The molecule has 31 heavy (non-hydrogen) atoms. The molecule has 0 radical (unpaired) electrons. The third-order valence-corrected chi connectivity index (χ3v) is 5.45. The van der Waals surface area contributed by atoms with E-state index in [1.807, 2.05) is 0 Å². The molecule has 1 aliphatic heterocycles. The summed E-state index contributed by atoms with van der Waals surface area (Å²) >= 11 is 1.30. The summed E-state index contributed by atoms with van der Waals surface area (Å²) in [4.78, 5) is 42.9. The van der Waals surface area contributed by atoms with Crippen LogP contribution in [-0.4, -0.2) is 55.6 Å². The number of hydrogen-bond acceptors (Lipinski definition) is 7. The predicted octanol–water partition coefficient (Wildman–Crippen LogP) is 2.20. The zero-order chi connectivity index (χ0) is 22.1. The second-order valence-corrected chi connectivity index (χ2v) is 7.90. The van der Waals surface area contributed by atoms with E-state index in [0.717, 1.165) is 12.8 Å². The zero-order valence-corrected chi connectivity index (χ0v) is 18.2. The van der Waals surface area contributed by atoms with Gasteiger partial charge in [0.2, 0.25) is 17.7 Å². The Morgan fingerprint density at radius 1 is 1.29 bits per heavy atom. The minimum absolute atomic E-state index is 0.0134. The lowest BCUT2D eigenvalue weighted by Gasteiger charge is -2.23. The Labute approximate surface area is 184 Å². The molecule has 0 aliphatic carbocycles. The molecule has 2 heterocycles. The summed E-state index contributed by atoms with van der Waals surface area (Å²) in [5.41, 5.74) is 0.525. The number of aromatic nitrogens is 1. The minimum atomic E-state index is -0.338. The number of ether oxygens (including phenoxy) is 2. The van der Waals surface area contributed by atoms with E-state index in [0.29, 0.717) is 29.7 Å². The maximum absolute atomic E-state index is 12.9. The molecule has 1 saturated heterocycles. The summed E-state index contributed by atoms with van der Waals surface area (Å²) in [5.74, 6) is -0.373. The number of nitrogens with one attached hydrogen (secondary N) is 2. The molecule has 10 heteroatoms. The zero-order valence-electron chi connectivity index (χ0n) is 17.3. The van der Waals surface area contributed by atoms with Gasteiger partial charge in [0.1, 0.15) is 12.3 Å². The van der Waals surface area contributed by atoms with Crippen molar-refractivity contribution in [1.82, 2.24) is 10.3 Å². The van der Waals surface area contributed by atoms with Gasteiger partial charge in [0.15, 0.2) is 5.13 Å². The molecule has 166 valence electrons. The molecule has 0 saturated carbocycles. The molecule has 3 amide bonds. The van der Waals surface area contributed by atoms with Gasteiger partial charge in [-0.3, -0.25) is 14.4 Å². The average Bonchev–Trinajstić information content (AvgIpc) is 3.48. The fraction of sp³-hybridized carbons (Fsp3) is 0.429. The maximum Gasteiger partial charge on any atom is 0.240 e. The van der Waals surface area contributed by atoms with Crippen LogP contribution in [0, 0.1) is 0 Å². The highest BCUT2D eigenvalue weighted by molar-refractivity contribution is 7.13. The van der Waals surface area contributed by atoms with E-state index >= 15 is 0 Å². The van der Waals surface area contributed by atoms with Crippen LogP contribution >= 0.6 is 11.3 Å². The maximum atomic E-state index is 12.9. The molecule has 9 nitrogen and oxygen atoms in total. The van der Waals surface area contributed by atoms with E-state index in [1.54, 1.807) is 35.8 Å². The van der Waals surface area contributed by atoms with Crippen LogP contribution in [0.15, 0.2) is 35.8 Å². The third kappa shape index (κ3) is 7.04. The van der Waals surface area contributed by atoms with Gasteiger partial charge in [0.25, 0.3) is 0 Å². The van der Waals surface area contributed by atoms with Gasteiger partial charge in [0.05, 0.1) is 13.2 Å². The van der Waals surface area contributed by atoms with E-state index in [2.05, 4.69) is 15.6 Å². The lowest BCUT2D eigenvalue weighted by molar-refractivity contribution is -0.125. The molecule has 1 aliphatic rings. The summed E-state index contributed by atoms with van der Waals surface area (Å²) in [7, 11) is 1.53. The van der Waals surface area contributed by atoms with Gasteiger partial charge in [-0.2, -0.15) is 0 Å². The van der Waals surface area contributed by atoms with Crippen molar-refractivity contribution in [2.45, 2.75) is 31.8 Å². The number of nitrogens with zero attached hydrogens (tertiary/aromatic N) is 2. The monoisotopic (exact) mass is 446 g/mol. The van der Waals surface area contributed by atoms with Crippen molar-refractivity contribution in [3.63, 3.8) is 0 Å². The Morgan fingerprint density at radius 2 is 2.16 bits per heavy atom. The molecule has 2 aromatic rings. The van der Waals surface area contributed by atoms with Crippen molar-refractivity contribution in [3.05, 3.63) is 35.8 Å². The minimum Gasteiger partial charge on any atom is -0.497 e. The number of thiazole rings is 1. The second-order valence-electron chi connectivity index (χ2n) is 7.01. The first-order chi connectivity index (χ1) is 15.0. The highest BCUT2D eigenvalue weighted by atomic mass is 32.1. The number of methoxy groups -OCH3 is 1. The number of amides is 3. The number of benzene rings is 1. The number of anilines is 2. The lowest BCUT2D eigenvalue weighted by atomic mass is 10.2. The highest BCUT2D eigenvalue weighted by Crippen LogP contribution is 2.22. The average molecular weight is 447 g/mol. The topological polar surface area (TPSA) is 110 Å². The molecular weight excluding hydrogens is 420 g/mol. The van der Waals surface area contributed by atoms with Crippen molar-refractivity contribution in [2.24, 2.45) is 0 Å². The largest absolute Gasteiger partial charge is 0.497 e. The summed E-state index contributed by atoms with van der Waals surface area (Å²) < 4.78 is 10.8. The first-order valence-corrected chi connectivity index (χ1v) is 10.9. The molecule has 1 atom stereocenters. The van der Waals surface area contributed by atoms with E-state index in [-0.39, 0.29) is 43.2 Å². The Bertz CT molecular complexity index is 884. The van der Waals surface area contributed by atoms with E-state index in [4.69, 9.17) is 9.47 Å². The Hall–Kier alpha value is -2.98. The van der Waals surface area contributed by atoms with Gasteiger partial charge in [-0.15, -0.1) is 11.3 Å². The van der Waals surface area contributed by atoms with Crippen molar-refractivity contribution >= 4 is 39.9 Å². The Kier molecular flexibility index (Phi) is 8.36. The molecule has 0 spiro atoms. The van der Waals surface area contributed by atoms with Crippen molar-refractivity contribution in [1.29, 1.82) is 0 Å². The summed E-state index contributed by atoms with van der Waals surface area (Å²) in [5, 5.41) is 7.71. The fourth-order valence-corrected chi connectivity index (χ4v) is 3.70. The second kappa shape index (κ2) is 11.4. The number of carbonyl (C=O) groups is 3. The van der Waals surface area contributed by atoms with Gasteiger partial charge in [-0.05, 0) is 25.0 Å². The van der Waals surface area contributed by atoms with Gasteiger partial charge >= 0.3 is 0 Å². The lowest BCUT2D eigenvalue weighted by Crippen LogP contribution is -2.43.